The van der Waals surface area contributed by atoms with E-state index < -0.39 is 0 Å². The zero-order chi connectivity index (χ0) is 18.2. The smallest absolute Gasteiger partial charge is 0.191 e. The van der Waals surface area contributed by atoms with Crippen molar-refractivity contribution in [1.82, 2.24) is 20.4 Å². The summed E-state index contributed by atoms with van der Waals surface area (Å²) in [7, 11) is 2.15. The van der Waals surface area contributed by atoms with E-state index in [4.69, 9.17) is 9.73 Å². The van der Waals surface area contributed by atoms with Crippen molar-refractivity contribution < 1.29 is 4.74 Å². The third-order valence-corrected chi connectivity index (χ3v) is 6.03. The molecule has 2 atom stereocenters. The Labute approximate surface area is 184 Å². The van der Waals surface area contributed by atoms with E-state index in [9.17, 15) is 0 Å². The Morgan fingerprint density at radius 3 is 2.81 bits per heavy atom. The van der Waals surface area contributed by atoms with Gasteiger partial charge in [-0.3, -0.25) is 9.89 Å². The minimum absolute atomic E-state index is 0. The maximum absolute atomic E-state index is 5.85. The van der Waals surface area contributed by atoms with Crippen LogP contribution in [0.2, 0.25) is 0 Å². The lowest BCUT2D eigenvalue weighted by Crippen LogP contribution is -2.48. The van der Waals surface area contributed by atoms with Crippen LogP contribution in [0.25, 0.3) is 0 Å². The van der Waals surface area contributed by atoms with Gasteiger partial charge in [0, 0.05) is 31.1 Å². The summed E-state index contributed by atoms with van der Waals surface area (Å²) in [5.74, 6) is 0.894. The average Bonchev–Trinajstić information content (AvgIpc) is 3.34. The highest BCUT2D eigenvalue weighted by molar-refractivity contribution is 14.0. The number of hydrogen-bond donors (Lipinski definition) is 2. The van der Waals surface area contributed by atoms with Gasteiger partial charge >= 0.3 is 0 Å². The fraction of sp³-hybridized carbons (Fsp3) is 0.737. The van der Waals surface area contributed by atoms with Crippen molar-refractivity contribution in [2.45, 2.75) is 31.9 Å². The summed E-state index contributed by atoms with van der Waals surface area (Å²) in [4.78, 5) is 11.2. The fourth-order valence-corrected chi connectivity index (χ4v) is 4.49. The number of ether oxygens (including phenoxy) is 1. The predicted molar refractivity (Wildman–Crippen MR) is 125 cm³/mol. The van der Waals surface area contributed by atoms with Gasteiger partial charge in [0.2, 0.25) is 0 Å². The van der Waals surface area contributed by atoms with Gasteiger partial charge in [-0.1, -0.05) is 6.07 Å². The minimum atomic E-state index is 0. The van der Waals surface area contributed by atoms with Crippen molar-refractivity contribution >= 4 is 41.3 Å². The molecule has 154 valence electrons. The molecule has 0 radical (unpaired) electrons. The topological polar surface area (TPSA) is 52.1 Å². The predicted octanol–water partition coefficient (Wildman–Crippen LogP) is 2.39. The first kappa shape index (κ1) is 22.9. The number of halogens is 1. The Kier molecular flexibility index (Phi) is 10.3. The monoisotopic (exact) mass is 507 g/mol. The first-order valence-corrected chi connectivity index (χ1v) is 10.7. The van der Waals surface area contributed by atoms with E-state index in [-0.39, 0.29) is 30.1 Å². The van der Waals surface area contributed by atoms with Gasteiger partial charge in [0.15, 0.2) is 5.96 Å². The number of nitrogens with zero attached hydrogens (tertiary/aromatic N) is 3. The van der Waals surface area contributed by atoms with Crippen molar-refractivity contribution in [1.29, 1.82) is 0 Å². The highest BCUT2D eigenvalue weighted by Gasteiger charge is 2.24. The van der Waals surface area contributed by atoms with Gasteiger partial charge < -0.3 is 20.3 Å². The highest BCUT2D eigenvalue weighted by atomic mass is 127. The Hall–Kier alpha value is -0.420. The van der Waals surface area contributed by atoms with Crippen LogP contribution in [0.5, 0.6) is 0 Å². The molecule has 2 saturated heterocycles. The van der Waals surface area contributed by atoms with E-state index in [0.29, 0.717) is 6.04 Å². The SMILES string of the molecule is CCNC(=NCC(c1cccs1)N1CCCC1)NCC1CN(C)CCO1.I. The van der Waals surface area contributed by atoms with Crippen LogP contribution in [-0.2, 0) is 4.74 Å². The fourth-order valence-electron chi connectivity index (χ4n) is 3.64. The van der Waals surface area contributed by atoms with E-state index in [2.05, 4.69) is 51.9 Å². The van der Waals surface area contributed by atoms with E-state index in [1.165, 1.54) is 30.8 Å². The number of likely N-dealkylation sites (tertiary alicyclic amines) is 1. The molecule has 8 heteroatoms. The third-order valence-electron chi connectivity index (χ3n) is 5.06. The molecule has 0 aromatic carbocycles. The van der Waals surface area contributed by atoms with Gasteiger partial charge in [-0.15, -0.1) is 35.3 Å². The van der Waals surface area contributed by atoms with Crippen LogP contribution in [0, 0.1) is 0 Å². The average molecular weight is 507 g/mol. The molecule has 0 bridgehead atoms. The molecular formula is C19H34IN5OS. The molecule has 3 heterocycles. The number of rotatable bonds is 7. The summed E-state index contributed by atoms with van der Waals surface area (Å²) < 4.78 is 5.85. The molecule has 27 heavy (non-hydrogen) atoms. The van der Waals surface area contributed by atoms with Gasteiger partial charge in [-0.25, -0.2) is 0 Å². The zero-order valence-electron chi connectivity index (χ0n) is 16.5. The number of hydrogen-bond acceptors (Lipinski definition) is 5. The van der Waals surface area contributed by atoms with E-state index in [0.717, 1.165) is 45.3 Å². The molecule has 0 saturated carbocycles. The summed E-state index contributed by atoms with van der Waals surface area (Å²) in [6, 6.07) is 4.78. The quantitative estimate of drug-likeness (QED) is 0.337. The molecule has 0 aliphatic carbocycles. The van der Waals surface area contributed by atoms with Crippen molar-refractivity contribution in [3.8, 4) is 0 Å². The molecule has 1 aromatic heterocycles. The van der Waals surface area contributed by atoms with Crippen LogP contribution in [0.15, 0.2) is 22.5 Å². The van der Waals surface area contributed by atoms with Gasteiger partial charge in [-0.05, 0) is 51.3 Å². The lowest BCUT2D eigenvalue weighted by atomic mass is 10.2. The van der Waals surface area contributed by atoms with Crippen LogP contribution < -0.4 is 10.6 Å². The second-order valence-corrected chi connectivity index (χ2v) is 8.11. The van der Waals surface area contributed by atoms with Crippen LogP contribution in [0.3, 0.4) is 0 Å². The van der Waals surface area contributed by atoms with Crippen LogP contribution >= 0.6 is 35.3 Å². The van der Waals surface area contributed by atoms with Gasteiger partial charge in [0.25, 0.3) is 0 Å². The Morgan fingerprint density at radius 1 is 1.33 bits per heavy atom. The summed E-state index contributed by atoms with van der Waals surface area (Å²) in [5, 5.41) is 9.02. The standard InChI is InChI=1S/C19H33N5OS.HI/c1-3-20-19(21-13-16-15-23(2)10-11-25-16)22-14-17(18-7-6-12-26-18)24-8-4-5-9-24;/h6-7,12,16-17H,3-5,8-11,13-15H2,1-2H3,(H2,20,21,22);1H. The summed E-state index contributed by atoms with van der Waals surface area (Å²) in [6.07, 6.45) is 2.83. The minimum Gasteiger partial charge on any atom is -0.374 e. The van der Waals surface area contributed by atoms with Crippen molar-refractivity contribution in [3.05, 3.63) is 22.4 Å². The molecule has 0 spiro atoms. The van der Waals surface area contributed by atoms with E-state index >= 15 is 0 Å². The lowest BCUT2D eigenvalue weighted by molar-refractivity contribution is -0.0161. The molecule has 6 nitrogen and oxygen atoms in total. The van der Waals surface area contributed by atoms with Crippen molar-refractivity contribution in [2.75, 3.05) is 59.5 Å². The second kappa shape index (κ2) is 12.2. The molecule has 2 N–H and O–H groups in total. The first-order valence-electron chi connectivity index (χ1n) is 9.86. The number of nitrogens with one attached hydrogen (secondary N) is 2. The Bertz CT molecular complexity index is 550. The molecule has 3 rings (SSSR count). The van der Waals surface area contributed by atoms with Crippen LogP contribution in [0.4, 0.5) is 0 Å². The summed E-state index contributed by atoms with van der Waals surface area (Å²) in [5.41, 5.74) is 0. The van der Waals surface area contributed by atoms with Crippen molar-refractivity contribution in [2.24, 2.45) is 4.99 Å². The van der Waals surface area contributed by atoms with Gasteiger partial charge in [0.1, 0.15) is 0 Å². The Balaban J connectivity index is 0.00000261. The normalized spacial score (nSPS) is 23.0. The number of guanidine groups is 1. The van der Waals surface area contributed by atoms with Gasteiger partial charge in [0.05, 0.1) is 25.3 Å². The largest absolute Gasteiger partial charge is 0.374 e. The molecular weight excluding hydrogens is 473 g/mol. The maximum Gasteiger partial charge on any atom is 0.191 e. The molecule has 1 aromatic rings. The zero-order valence-corrected chi connectivity index (χ0v) is 19.7. The third kappa shape index (κ3) is 7.16. The van der Waals surface area contributed by atoms with Crippen LogP contribution in [0.1, 0.15) is 30.7 Å². The first-order chi connectivity index (χ1) is 12.8. The molecule has 2 aliphatic heterocycles. The summed E-state index contributed by atoms with van der Waals surface area (Å²) in [6.45, 7) is 9.73. The second-order valence-electron chi connectivity index (χ2n) is 7.13. The Morgan fingerprint density at radius 2 is 2.15 bits per heavy atom. The number of likely N-dealkylation sites (N-methyl/N-ethyl adjacent to an activating group) is 1. The molecule has 2 unspecified atom stereocenters. The lowest BCUT2D eigenvalue weighted by Gasteiger charge is -2.30. The van der Waals surface area contributed by atoms with E-state index in [1.807, 2.05) is 11.3 Å². The number of thiophene rings is 1. The number of aliphatic imine (C=N–C) groups is 1. The van der Waals surface area contributed by atoms with Crippen molar-refractivity contribution in [3.63, 3.8) is 0 Å². The van der Waals surface area contributed by atoms with E-state index in [1.54, 1.807) is 0 Å². The summed E-state index contributed by atoms with van der Waals surface area (Å²) >= 11 is 1.84. The molecule has 0 amide bonds. The van der Waals surface area contributed by atoms with Crippen LogP contribution in [-0.4, -0.2) is 81.3 Å². The number of morpholine rings is 1. The maximum atomic E-state index is 5.85. The highest BCUT2D eigenvalue weighted by Crippen LogP contribution is 2.28. The van der Waals surface area contributed by atoms with Gasteiger partial charge in [-0.2, -0.15) is 0 Å². The molecule has 2 aliphatic rings. The molecule has 2 fully saturated rings.